The molecule has 260 valence electrons. The summed E-state index contributed by atoms with van der Waals surface area (Å²) in [6.07, 6.45) is 6.96. The normalized spacial score (nSPS) is 30.1. The highest BCUT2D eigenvalue weighted by Crippen LogP contribution is 2.50. The maximum atomic E-state index is 13.2. The zero-order chi connectivity index (χ0) is 34.6. The standard InChI is InChI=1S/C34H52N6O7/c1-7-22(8-2)30(43)39-29-23-15-16-33(6,40(23)38-20-37-29)34(19-35)28(42)26(46-31(44)27(36)32(3,4)5)24(47-34)18-45-25(41)17-21-13-11-9-10-12-14-21/h15,20-22,24,26-28,42H,7-14,16-18,36H2,1-6H3,(H,37,38,39,43)/t24-,26-,27+,28-,33?,34-/m1/s1. The fourth-order valence-electron chi connectivity index (χ4n) is 6.94. The van der Waals surface area contributed by atoms with Crippen LogP contribution in [0.15, 0.2) is 21.9 Å². The molecule has 0 spiro atoms. The Kier molecular flexibility index (Phi) is 11.5. The molecule has 1 saturated carbocycles. The Bertz CT molecular complexity index is 1310. The Balaban J connectivity index is 1.59. The van der Waals surface area contributed by atoms with Crippen LogP contribution in [0.1, 0.15) is 106 Å². The number of nitriles is 1. The number of hydrogen-bond donors (Lipinski definition) is 3. The highest BCUT2D eigenvalue weighted by atomic mass is 16.6. The molecule has 0 aromatic rings. The molecule has 4 N–H and O–H groups in total. The number of esters is 2. The number of rotatable bonds is 10. The number of nitrogens with zero attached hydrogens (tertiary/aromatic N) is 4. The van der Waals surface area contributed by atoms with Crippen LogP contribution in [0.25, 0.3) is 0 Å². The molecule has 13 nitrogen and oxygen atoms in total. The van der Waals surface area contributed by atoms with Gasteiger partial charge in [0.2, 0.25) is 11.5 Å². The molecule has 1 unspecified atom stereocenters. The van der Waals surface area contributed by atoms with Crippen molar-refractivity contribution in [3.05, 3.63) is 11.8 Å². The summed E-state index contributed by atoms with van der Waals surface area (Å²) >= 11 is 0. The molecule has 0 aromatic carbocycles. The second kappa shape index (κ2) is 14.8. The Labute approximate surface area is 277 Å². The average molecular weight is 657 g/mol. The van der Waals surface area contributed by atoms with E-state index in [-0.39, 0.29) is 43.0 Å². The summed E-state index contributed by atoms with van der Waals surface area (Å²) in [6, 6.07) is 1.14. The molecular weight excluding hydrogens is 604 g/mol. The molecule has 6 atom stereocenters. The van der Waals surface area contributed by atoms with Crippen LogP contribution in [0.2, 0.25) is 0 Å². The lowest BCUT2D eigenvalue weighted by atomic mass is 9.76. The molecule has 47 heavy (non-hydrogen) atoms. The highest BCUT2D eigenvalue weighted by molar-refractivity contribution is 6.11. The van der Waals surface area contributed by atoms with Crippen LogP contribution in [-0.4, -0.2) is 82.2 Å². The third-order valence-corrected chi connectivity index (χ3v) is 10.3. The zero-order valence-corrected chi connectivity index (χ0v) is 28.7. The van der Waals surface area contributed by atoms with Crippen molar-refractivity contribution in [1.82, 2.24) is 10.3 Å². The number of hydrazone groups is 1. The van der Waals surface area contributed by atoms with Gasteiger partial charge in [0, 0.05) is 12.3 Å². The largest absolute Gasteiger partial charge is 0.463 e. The summed E-state index contributed by atoms with van der Waals surface area (Å²) in [6.45, 7) is 10.6. The van der Waals surface area contributed by atoms with Gasteiger partial charge in [0.15, 0.2) is 11.9 Å². The van der Waals surface area contributed by atoms with Crippen LogP contribution in [0.5, 0.6) is 0 Å². The van der Waals surface area contributed by atoms with Crippen LogP contribution >= 0.6 is 0 Å². The minimum Gasteiger partial charge on any atom is -0.463 e. The third kappa shape index (κ3) is 7.39. The molecule has 13 heteroatoms. The van der Waals surface area contributed by atoms with Gasteiger partial charge in [0.1, 0.15) is 42.8 Å². The first-order valence-corrected chi connectivity index (χ1v) is 17.0. The van der Waals surface area contributed by atoms with Gasteiger partial charge < -0.3 is 30.4 Å². The topological polar surface area (TPSA) is 189 Å². The summed E-state index contributed by atoms with van der Waals surface area (Å²) in [5.41, 5.74) is 2.64. The van der Waals surface area contributed by atoms with E-state index in [4.69, 9.17) is 19.9 Å². The van der Waals surface area contributed by atoms with Crippen molar-refractivity contribution in [2.75, 3.05) is 6.61 Å². The van der Waals surface area contributed by atoms with Crippen molar-refractivity contribution < 1.29 is 33.7 Å². The first-order chi connectivity index (χ1) is 22.2. The highest BCUT2D eigenvalue weighted by Gasteiger charge is 2.69. The van der Waals surface area contributed by atoms with E-state index in [2.05, 4.69) is 21.5 Å². The van der Waals surface area contributed by atoms with Gasteiger partial charge in [-0.15, -0.1) is 0 Å². The van der Waals surface area contributed by atoms with Crippen LogP contribution < -0.4 is 11.1 Å². The number of aliphatic hydroxyl groups is 1. The van der Waals surface area contributed by atoms with Gasteiger partial charge in [-0.2, -0.15) is 10.4 Å². The van der Waals surface area contributed by atoms with E-state index in [9.17, 15) is 24.8 Å². The number of carbonyl (C=O) groups excluding carboxylic acids is 3. The third-order valence-electron chi connectivity index (χ3n) is 10.3. The molecular formula is C34H52N6O7. The second-order valence-corrected chi connectivity index (χ2v) is 14.5. The van der Waals surface area contributed by atoms with Crippen LogP contribution in [0.3, 0.4) is 0 Å². The summed E-state index contributed by atoms with van der Waals surface area (Å²) < 4.78 is 17.9. The van der Waals surface area contributed by atoms with Gasteiger partial charge in [0.25, 0.3) is 0 Å². The van der Waals surface area contributed by atoms with Gasteiger partial charge >= 0.3 is 11.9 Å². The van der Waals surface area contributed by atoms with E-state index >= 15 is 0 Å². The first kappa shape index (κ1) is 36.5. The lowest BCUT2D eigenvalue weighted by Crippen LogP contribution is -2.64. The Morgan fingerprint density at radius 3 is 2.47 bits per heavy atom. The van der Waals surface area contributed by atoms with Gasteiger partial charge in [-0.3, -0.25) is 19.4 Å². The number of hydrogen-bond acceptors (Lipinski definition) is 12. The molecule has 2 fully saturated rings. The monoisotopic (exact) mass is 656 g/mol. The summed E-state index contributed by atoms with van der Waals surface area (Å²) in [5, 5.41) is 31.5. The zero-order valence-electron chi connectivity index (χ0n) is 28.7. The number of fused-ring (bicyclic) bond motifs is 1. The lowest BCUT2D eigenvalue weighted by molar-refractivity contribution is -0.164. The molecule has 4 rings (SSSR count). The molecule has 4 aliphatic rings. The van der Waals surface area contributed by atoms with Gasteiger partial charge in [-0.05, 0) is 50.4 Å². The lowest BCUT2D eigenvalue weighted by Gasteiger charge is -2.45. The van der Waals surface area contributed by atoms with E-state index in [1.165, 1.54) is 11.3 Å². The van der Waals surface area contributed by atoms with E-state index in [0.29, 0.717) is 18.5 Å². The number of amides is 1. The molecule has 0 radical (unpaired) electrons. The predicted octanol–water partition coefficient (Wildman–Crippen LogP) is 3.45. The van der Waals surface area contributed by atoms with E-state index in [1.54, 1.807) is 33.8 Å². The van der Waals surface area contributed by atoms with Gasteiger partial charge in [0.05, 0.1) is 5.70 Å². The molecule has 1 saturated heterocycles. The van der Waals surface area contributed by atoms with Crippen LogP contribution in [-0.2, 0) is 28.6 Å². The SMILES string of the molecule is CCC(CC)C(=O)NC1=NC=NN2C1=CCC2(C)[C@]1(C#N)O[C@H](COC(=O)CC2CCCCCC2)[C@@H](OC(=O)[C@H](N)C(C)(C)C)[C@H]1O. The Morgan fingerprint density at radius 1 is 1.21 bits per heavy atom. The number of aliphatic hydroxyl groups excluding tert-OH is 1. The number of amidine groups is 1. The number of aliphatic imine (C=N–C) groups is 1. The molecule has 0 aromatic heterocycles. The summed E-state index contributed by atoms with van der Waals surface area (Å²) in [5.74, 6) is -1.07. The quantitative estimate of drug-likeness (QED) is 0.232. The Hall–Kier alpha value is -3.34. The fraction of sp³-hybridized carbons (Fsp3) is 0.765. The Morgan fingerprint density at radius 2 is 1.87 bits per heavy atom. The number of nitrogens with two attached hydrogens (primary N) is 1. The average Bonchev–Trinajstić information content (AvgIpc) is 3.38. The first-order valence-electron chi connectivity index (χ1n) is 17.0. The van der Waals surface area contributed by atoms with Crippen LogP contribution in [0.4, 0.5) is 0 Å². The van der Waals surface area contributed by atoms with Crippen molar-refractivity contribution in [2.45, 2.75) is 141 Å². The maximum Gasteiger partial charge on any atom is 0.323 e. The molecule has 3 aliphatic heterocycles. The number of nitrogens with one attached hydrogen (secondary N) is 1. The predicted molar refractivity (Wildman–Crippen MR) is 174 cm³/mol. The minimum atomic E-state index is -2.01. The number of carbonyl (C=O) groups is 3. The van der Waals surface area contributed by atoms with E-state index in [1.807, 2.05) is 13.8 Å². The van der Waals surface area contributed by atoms with Crippen molar-refractivity contribution in [1.29, 1.82) is 5.26 Å². The van der Waals surface area contributed by atoms with Crippen molar-refractivity contribution in [2.24, 2.45) is 33.1 Å². The number of ether oxygens (including phenoxy) is 3. The van der Waals surface area contributed by atoms with Gasteiger partial charge in [-0.1, -0.05) is 66.4 Å². The van der Waals surface area contributed by atoms with E-state index in [0.717, 1.165) is 38.5 Å². The smallest absolute Gasteiger partial charge is 0.323 e. The summed E-state index contributed by atoms with van der Waals surface area (Å²) in [4.78, 5) is 43.4. The van der Waals surface area contributed by atoms with Gasteiger partial charge in [-0.25, -0.2) is 4.99 Å². The fourth-order valence-corrected chi connectivity index (χ4v) is 6.94. The van der Waals surface area contributed by atoms with Crippen LogP contribution in [0, 0.1) is 28.6 Å². The van der Waals surface area contributed by atoms with Crippen molar-refractivity contribution in [3.63, 3.8) is 0 Å². The minimum absolute atomic E-state index is 0.167. The van der Waals surface area contributed by atoms with Crippen molar-refractivity contribution in [3.8, 4) is 6.07 Å². The molecule has 1 amide bonds. The van der Waals surface area contributed by atoms with E-state index < -0.39 is 52.8 Å². The molecule has 1 aliphatic carbocycles. The maximum absolute atomic E-state index is 13.2. The summed E-state index contributed by atoms with van der Waals surface area (Å²) in [7, 11) is 0. The molecule has 0 bridgehead atoms. The second-order valence-electron chi connectivity index (χ2n) is 14.5. The van der Waals surface area contributed by atoms with Crippen molar-refractivity contribution >= 4 is 30.0 Å². The molecule has 3 heterocycles.